The quantitative estimate of drug-likeness (QED) is 0.674. The van der Waals surface area contributed by atoms with Crippen LogP contribution < -0.4 is 10.6 Å². The fourth-order valence-electron chi connectivity index (χ4n) is 4.13. The van der Waals surface area contributed by atoms with Gasteiger partial charge in [-0.05, 0) is 49.9 Å². The van der Waals surface area contributed by atoms with Gasteiger partial charge < -0.3 is 20.5 Å². The Morgan fingerprint density at radius 3 is 2.67 bits per heavy atom. The first-order chi connectivity index (χ1) is 11.3. The van der Waals surface area contributed by atoms with Crippen molar-refractivity contribution in [2.75, 3.05) is 26.4 Å². The molecule has 0 radical (unpaired) electrons. The van der Waals surface area contributed by atoms with E-state index in [1.54, 1.807) is 0 Å². The second kappa shape index (κ2) is 8.52. The van der Waals surface area contributed by atoms with E-state index in [2.05, 4.69) is 31.4 Å². The van der Waals surface area contributed by atoms with Crippen molar-refractivity contribution in [2.24, 2.45) is 16.7 Å². The Hall–Kier alpha value is -0.810. The third kappa shape index (κ3) is 5.62. The van der Waals surface area contributed by atoms with E-state index >= 15 is 0 Å². The fourth-order valence-corrected chi connectivity index (χ4v) is 4.13. The van der Waals surface area contributed by atoms with E-state index < -0.39 is 0 Å². The number of urea groups is 1. The topological polar surface area (TPSA) is 70.6 Å². The third-order valence-corrected chi connectivity index (χ3v) is 5.98. The maximum Gasteiger partial charge on any atom is 0.315 e. The zero-order valence-corrected chi connectivity index (χ0v) is 15.7. The van der Waals surface area contributed by atoms with Crippen LogP contribution in [0, 0.1) is 16.7 Å². The number of hydrogen-bond donors (Lipinski definition) is 3. The van der Waals surface area contributed by atoms with Gasteiger partial charge in [-0.2, -0.15) is 0 Å². The van der Waals surface area contributed by atoms with Gasteiger partial charge in [-0.3, -0.25) is 0 Å². The molecule has 1 aliphatic heterocycles. The van der Waals surface area contributed by atoms with Gasteiger partial charge in [0.05, 0.1) is 6.61 Å². The van der Waals surface area contributed by atoms with Crippen LogP contribution in [0.2, 0.25) is 0 Å². The predicted molar refractivity (Wildman–Crippen MR) is 95.9 cm³/mol. The standard InChI is InChI=1S/C19H36N2O3/c1-18(2,3)15-5-4-6-16(8-7-15)21-17(23)20-13-19(9-11-22)10-12-24-14-19/h15-16,22H,4-14H2,1-3H3,(H2,20,21,23). The predicted octanol–water partition coefficient (Wildman–Crippen LogP) is 3.07. The van der Waals surface area contributed by atoms with E-state index in [0.717, 1.165) is 31.8 Å². The highest BCUT2D eigenvalue weighted by Gasteiger charge is 2.35. The molecule has 1 aliphatic carbocycles. The van der Waals surface area contributed by atoms with Gasteiger partial charge in [0.25, 0.3) is 0 Å². The van der Waals surface area contributed by atoms with Crippen molar-refractivity contribution in [3.05, 3.63) is 0 Å². The van der Waals surface area contributed by atoms with Gasteiger partial charge in [-0.15, -0.1) is 0 Å². The monoisotopic (exact) mass is 340 g/mol. The van der Waals surface area contributed by atoms with Crippen LogP contribution in [0.25, 0.3) is 0 Å². The van der Waals surface area contributed by atoms with Gasteiger partial charge >= 0.3 is 6.03 Å². The summed E-state index contributed by atoms with van der Waals surface area (Å²) in [5, 5.41) is 15.4. The van der Waals surface area contributed by atoms with Crippen LogP contribution in [-0.4, -0.2) is 43.5 Å². The first kappa shape index (κ1) is 19.5. The number of carbonyl (C=O) groups is 1. The number of hydrogen-bond acceptors (Lipinski definition) is 3. The molecule has 1 heterocycles. The lowest BCUT2D eigenvalue weighted by atomic mass is 9.76. The molecule has 24 heavy (non-hydrogen) atoms. The van der Waals surface area contributed by atoms with Crippen molar-refractivity contribution < 1.29 is 14.6 Å². The van der Waals surface area contributed by atoms with Gasteiger partial charge in [0.15, 0.2) is 0 Å². The number of carbonyl (C=O) groups excluding carboxylic acids is 1. The summed E-state index contributed by atoms with van der Waals surface area (Å²) in [6, 6.07) is 0.212. The van der Waals surface area contributed by atoms with E-state index in [9.17, 15) is 9.90 Å². The SMILES string of the molecule is CC(C)(C)C1CCCC(NC(=O)NCC2(CCO)CCOC2)CC1. The lowest BCUT2D eigenvalue weighted by Gasteiger charge is -2.30. The summed E-state index contributed by atoms with van der Waals surface area (Å²) in [7, 11) is 0. The second-order valence-electron chi connectivity index (χ2n) is 8.87. The number of aliphatic hydroxyl groups is 1. The van der Waals surface area contributed by atoms with Crippen molar-refractivity contribution in [1.82, 2.24) is 10.6 Å². The summed E-state index contributed by atoms with van der Waals surface area (Å²) in [6.07, 6.45) is 7.38. The molecule has 3 unspecified atom stereocenters. The molecule has 3 N–H and O–H groups in total. The van der Waals surface area contributed by atoms with Crippen LogP contribution in [0.15, 0.2) is 0 Å². The molecule has 1 saturated carbocycles. The first-order valence-corrected chi connectivity index (χ1v) is 9.58. The van der Waals surface area contributed by atoms with Crippen LogP contribution in [0.4, 0.5) is 4.79 Å². The van der Waals surface area contributed by atoms with Crippen LogP contribution in [-0.2, 0) is 4.74 Å². The molecule has 3 atom stereocenters. The molecule has 2 amide bonds. The molecule has 1 saturated heterocycles. The largest absolute Gasteiger partial charge is 0.396 e. The van der Waals surface area contributed by atoms with E-state index in [0.29, 0.717) is 25.0 Å². The van der Waals surface area contributed by atoms with Crippen LogP contribution in [0.5, 0.6) is 0 Å². The highest BCUT2D eigenvalue weighted by atomic mass is 16.5. The summed E-state index contributed by atoms with van der Waals surface area (Å²) in [5.74, 6) is 0.746. The molecule has 2 rings (SSSR count). The Morgan fingerprint density at radius 1 is 1.25 bits per heavy atom. The van der Waals surface area contributed by atoms with Gasteiger partial charge in [0.2, 0.25) is 0 Å². The van der Waals surface area contributed by atoms with Gasteiger partial charge in [-0.1, -0.05) is 27.2 Å². The first-order valence-electron chi connectivity index (χ1n) is 9.58. The van der Waals surface area contributed by atoms with Gasteiger partial charge in [0.1, 0.15) is 0 Å². The minimum atomic E-state index is -0.0904. The molecule has 0 aromatic rings. The summed E-state index contributed by atoms with van der Waals surface area (Å²) in [6.45, 7) is 9.04. The lowest BCUT2D eigenvalue weighted by Crippen LogP contribution is -2.46. The molecule has 5 nitrogen and oxygen atoms in total. The molecule has 0 aromatic heterocycles. The molecular formula is C19H36N2O3. The summed E-state index contributed by atoms with van der Waals surface area (Å²) < 4.78 is 5.47. The zero-order chi connectivity index (χ0) is 17.6. The van der Waals surface area contributed by atoms with E-state index in [4.69, 9.17) is 4.74 Å². The Bertz CT molecular complexity index is 400. The number of rotatable bonds is 5. The molecule has 140 valence electrons. The average molecular weight is 341 g/mol. The molecule has 5 heteroatoms. The molecule has 0 aromatic carbocycles. The van der Waals surface area contributed by atoms with Gasteiger partial charge in [0, 0.05) is 31.2 Å². The highest BCUT2D eigenvalue weighted by molar-refractivity contribution is 5.74. The maximum atomic E-state index is 12.3. The smallest absolute Gasteiger partial charge is 0.315 e. The Morgan fingerprint density at radius 2 is 2.04 bits per heavy atom. The molecular weight excluding hydrogens is 304 g/mol. The highest BCUT2D eigenvalue weighted by Crippen LogP contribution is 2.36. The van der Waals surface area contributed by atoms with Crippen molar-refractivity contribution >= 4 is 6.03 Å². The third-order valence-electron chi connectivity index (χ3n) is 5.98. The Kier molecular flexibility index (Phi) is 6.93. The van der Waals surface area contributed by atoms with Crippen LogP contribution in [0.1, 0.15) is 65.7 Å². The molecule has 0 bridgehead atoms. The second-order valence-corrected chi connectivity index (χ2v) is 8.87. The van der Waals surface area contributed by atoms with Crippen molar-refractivity contribution in [2.45, 2.75) is 71.8 Å². The van der Waals surface area contributed by atoms with Gasteiger partial charge in [-0.25, -0.2) is 4.79 Å². The van der Waals surface area contributed by atoms with Crippen molar-refractivity contribution in [3.8, 4) is 0 Å². The molecule has 0 spiro atoms. The normalized spacial score (nSPS) is 31.5. The number of nitrogens with one attached hydrogen (secondary N) is 2. The average Bonchev–Trinajstić information content (AvgIpc) is 2.83. The minimum absolute atomic E-state index is 0.0709. The minimum Gasteiger partial charge on any atom is -0.396 e. The summed E-state index contributed by atoms with van der Waals surface area (Å²) in [4.78, 5) is 12.3. The number of ether oxygens (including phenoxy) is 1. The number of amides is 2. The number of aliphatic hydroxyl groups excluding tert-OH is 1. The van der Waals surface area contributed by atoms with E-state index in [1.807, 2.05) is 0 Å². The van der Waals surface area contributed by atoms with E-state index in [-0.39, 0.29) is 24.1 Å². The summed E-state index contributed by atoms with van der Waals surface area (Å²) >= 11 is 0. The Balaban J connectivity index is 1.76. The summed E-state index contributed by atoms with van der Waals surface area (Å²) in [5.41, 5.74) is 0.267. The van der Waals surface area contributed by atoms with Crippen molar-refractivity contribution in [3.63, 3.8) is 0 Å². The fraction of sp³-hybridized carbons (Fsp3) is 0.947. The van der Waals surface area contributed by atoms with E-state index in [1.165, 1.54) is 19.3 Å². The zero-order valence-electron chi connectivity index (χ0n) is 15.7. The van der Waals surface area contributed by atoms with Crippen LogP contribution >= 0.6 is 0 Å². The van der Waals surface area contributed by atoms with Crippen LogP contribution in [0.3, 0.4) is 0 Å². The maximum absolute atomic E-state index is 12.3. The van der Waals surface area contributed by atoms with Crippen molar-refractivity contribution in [1.29, 1.82) is 0 Å². The molecule has 2 fully saturated rings. The molecule has 2 aliphatic rings. The lowest BCUT2D eigenvalue weighted by molar-refractivity contribution is 0.125. The Labute approximate surface area is 146 Å².